The van der Waals surface area contributed by atoms with Gasteiger partial charge in [-0.3, -0.25) is 9.13 Å². The summed E-state index contributed by atoms with van der Waals surface area (Å²) in [6, 6.07) is 75.5. The predicted molar refractivity (Wildman–Crippen MR) is 259 cm³/mol. The lowest BCUT2D eigenvalue weighted by atomic mass is 9.67. The van der Waals surface area contributed by atoms with Gasteiger partial charge < -0.3 is 4.42 Å². The second-order valence-corrected chi connectivity index (χ2v) is 16.7. The Kier molecular flexibility index (Phi) is 7.22. The molecule has 1 aliphatic rings. The summed E-state index contributed by atoms with van der Waals surface area (Å²) in [5, 5.41) is 6.56. The number of hydrogen-bond acceptors (Lipinski definition) is 4. The molecule has 0 N–H and O–H groups in total. The highest BCUT2D eigenvalue weighted by molar-refractivity contribution is 6.11. The van der Waals surface area contributed by atoms with E-state index in [9.17, 15) is 0 Å². The first-order valence-corrected chi connectivity index (χ1v) is 21.7. The fraction of sp³-hybridized carbons (Fsp3) is 0.0172. The van der Waals surface area contributed by atoms with E-state index in [0.717, 1.165) is 71.1 Å². The van der Waals surface area contributed by atoms with E-state index >= 15 is 0 Å². The summed E-state index contributed by atoms with van der Waals surface area (Å²) in [5.41, 5.74) is 13.3. The maximum atomic E-state index is 6.96. The van der Waals surface area contributed by atoms with Gasteiger partial charge >= 0.3 is 0 Å². The van der Waals surface area contributed by atoms with Gasteiger partial charge in [0.25, 0.3) is 0 Å². The molecular weight excluding hydrogens is 783 g/mol. The van der Waals surface area contributed by atoms with Crippen LogP contribution < -0.4 is 0 Å². The molecule has 0 atom stereocenters. The maximum absolute atomic E-state index is 6.96. The van der Waals surface area contributed by atoms with E-state index < -0.39 is 5.41 Å². The number of benzene rings is 9. The Balaban J connectivity index is 1.04. The fourth-order valence-electron chi connectivity index (χ4n) is 10.9. The molecule has 0 radical (unpaired) electrons. The number of fused-ring (bicyclic) bond motifs is 12. The Labute approximate surface area is 367 Å². The van der Waals surface area contributed by atoms with Crippen LogP contribution in [0.15, 0.2) is 217 Å². The molecule has 0 aliphatic heterocycles. The summed E-state index contributed by atoms with van der Waals surface area (Å²) in [6.45, 7) is 0. The van der Waals surface area contributed by atoms with Crippen LogP contribution in [-0.2, 0) is 5.41 Å². The number of aromatic nitrogens is 5. The second-order valence-electron chi connectivity index (χ2n) is 16.7. The molecule has 1 aliphatic carbocycles. The highest BCUT2D eigenvalue weighted by Gasteiger charge is 2.46. The smallest absolute Gasteiger partial charge is 0.240 e. The Morgan fingerprint density at radius 2 is 0.797 bits per heavy atom. The lowest BCUT2D eigenvalue weighted by Crippen LogP contribution is -2.28. The largest absolute Gasteiger partial charge is 0.455 e. The van der Waals surface area contributed by atoms with Crippen LogP contribution in [0.25, 0.3) is 100.0 Å². The SMILES string of the molecule is c1ccc(C2(c3ccc4oc5c(-c6nc(-n7c8ccccc8c8ccccc87)nc(-n7c8ccccc8c8ccccc87)n6)cccc5c4c3)c3ccccc3-c3ccccc32)cc1. The molecule has 14 rings (SSSR count). The fourth-order valence-corrected chi connectivity index (χ4v) is 10.9. The van der Waals surface area contributed by atoms with Crippen molar-refractivity contribution in [1.82, 2.24) is 24.1 Å². The zero-order chi connectivity index (χ0) is 41.9. The van der Waals surface area contributed by atoms with Crippen molar-refractivity contribution in [3.8, 4) is 34.4 Å². The molecule has 0 saturated carbocycles. The molecule has 64 heavy (non-hydrogen) atoms. The lowest BCUT2D eigenvalue weighted by Gasteiger charge is -2.33. The second kappa shape index (κ2) is 13.2. The highest BCUT2D eigenvalue weighted by Crippen LogP contribution is 2.56. The minimum Gasteiger partial charge on any atom is -0.455 e. The Morgan fingerprint density at radius 3 is 1.34 bits per heavy atom. The molecular formula is C58H35N5O. The highest BCUT2D eigenvalue weighted by atomic mass is 16.3. The molecule has 0 unspecified atom stereocenters. The molecule has 0 bridgehead atoms. The van der Waals surface area contributed by atoms with Gasteiger partial charge in [-0.1, -0.05) is 170 Å². The summed E-state index contributed by atoms with van der Waals surface area (Å²) >= 11 is 0. The molecule has 0 spiro atoms. The molecule has 4 aromatic heterocycles. The molecule has 4 heterocycles. The number of para-hydroxylation sites is 5. The van der Waals surface area contributed by atoms with E-state index in [1.54, 1.807) is 0 Å². The monoisotopic (exact) mass is 817 g/mol. The molecule has 9 aromatic carbocycles. The van der Waals surface area contributed by atoms with Gasteiger partial charge in [0.2, 0.25) is 11.9 Å². The summed E-state index contributed by atoms with van der Waals surface area (Å²) in [6.07, 6.45) is 0. The van der Waals surface area contributed by atoms with E-state index in [4.69, 9.17) is 19.4 Å². The van der Waals surface area contributed by atoms with Crippen molar-refractivity contribution in [2.24, 2.45) is 0 Å². The first-order valence-electron chi connectivity index (χ1n) is 21.7. The normalized spacial score (nSPS) is 13.1. The average Bonchev–Trinajstić information content (AvgIpc) is 4.10. The Morgan fingerprint density at radius 1 is 0.344 bits per heavy atom. The van der Waals surface area contributed by atoms with Crippen molar-refractivity contribution in [1.29, 1.82) is 0 Å². The summed E-state index contributed by atoms with van der Waals surface area (Å²) in [5.74, 6) is 1.57. The van der Waals surface area contributed by atoms with Crippen LogP contribution in [0.2, 0.25) is 0 Å². The van der Waals surface area contributed by atoms with Gasteiger partial charge in [0.1, 0.15) is 11.2 Å². The summed E-state index contributed by atoms with van der Waals surface area (Å²) in [7, 11) is 0. The zero-order valence-corrected chi connectivity index (χ0v) is 34.4. The molecule has 6 heteroatoms. The van der Waals surface area contributed by atoms with Crippen LogP contribution in [0.1, 0.15) is 22.3 Å². The standard InChI is InChI=1S/C58H35N5O/c1-2-17-36(18-3-1)58(47-27-10-4-19-38(47)39-20-5-11-28-48(39)58)37-33-34-53-46(35-37)44-25-16-26-45(54(44)64-53)55-59-56(62-49-29-12-6-21-40(49)41-22-7-13-30-50(41)62)61-57(60-55)63-51-31-14-8-23-42(51)43-24-9-15-32-52(43)63/h1-35H. The van der Waals surface area contributed by atoms with Crippen molar-refractivity contribution in [3.05, 3.63) is 235 Å². The number of rotatable bonds is 5. The summed E-state index contributed by atoms with van der Waals surface area (Å²) in [4.78, 5) is 16.1. The third-order valence-corrected chi connectivity index (χ3v) is 13.5. The van der Waals surface area contributed by atoms with Crippen LogP contribution in [0, 0.1) is 0 Å². The molecule has 13 aromatic rings. The minimum absolute atomic E-state index is 0.521. The van der Waals surface area contributed by atoms with Crippen molar-refractivity contribution in [2.75, 3.05) is 0 Å². The van der Waals surface area contributed by atoms with Crippen LogP contribution in [0.3, 0.4) is 0 Å². The maximum Gasteiger partial charge on any atom is 0.240 e. The lowest BCUT2D eigenvalue weighted by molar-refractivity contribution is 0.668. The summed E-state index contributed by atoms with van der Waals surface area (Å²) < 4.78 is 11.3. The molecule has 0 saturated heterocycles. The van der Waals surface area contributed by atoms with E-state index in [1.165, 1.54) is 33.4 Å². The van der Waals surface area contributed by atoms with Crippen molar-refractivity contribution in [2.45, 2.75) is 5.41 Å². The van der Waals surface area contributed by atoms with Crippen LogP contribution in [-0.4, -0.2) is 24.1 Å². The quantitative estimate of drug-likeness (QED) is 0.174. The Hall–Kier alpha value is -8.61. The van der Waals surface area contributed by atoms with Gasteiger partial charge in [-0.15, -0.1) is 0 Å². The molecule has 298 valence electrons. The first-order chi connectivity index (χ1) is 31.8. The van der Waals surface area contributed by atoms with Crippen LogP contribution >= 0.6 is 0 Å². The number of furan rings is 1. The first kappa shape index (κ1) is 35.0. The van der Waals surface area contributed by atoms with Gasteiger partial charge in [-0.2, -0.15) is 15.0 Å². The molecule has 0 amide bonds. The third kappa shape index (κ3) is 4.71. The van der Waals surface area contributed by atoms with Gasteiger partial charge in [0.05, 0.1) is 33.0 Å². The zero-order valence-electron chi connectivity index (χ0n) is 34.4. The van der Waals surface area contributed by atoms with E-state index in [0.29, 0.717) is 17.7 Å². The van der Waals surface area contributed by atoms with Crippen molar-refractivity contribution >= 4 is 65.6 Å². The van der Waals surface area contributed by atoms with Gasteiger partial charge in [0.15, 0.2) is 5.82 Å². The van der Waals surface area contributed by atoms with Gasteiger partial charge in [0, 0.05) is 32.3 Å². The topological polar surface area (TPSA) is 61.7 Å². The van der Waals surface area contributed by atoms with Crippen molar-refractivity contribution < 1.29 is 4.42 Å². The van der Waals surface area contributed by atoms with Gasteiger partial charge in [-0.25, -0.2) is 0 Å². The van der Waals surface area contributed by atoms with E-state index in [-0.39, 0.29) is 0 Å². The Bertz CT molecular complexity index is 3760. The number of nitrogens with zero attached hydrogens (tertiary/aromatic N) is 5. The predicted octanol–water partition coefficient (Wildman–Crippen LogP) is 14.0. The van der Waals surface area contributed by atoms with Gasteiger partial charge in [-0.05, 0) is 75.8 Å². The van der Waals surface area contributed by atoms with E-state index in [2.05, 4.69) is 221 Å². The minimum atomic E-state index is -0.535. The van der Waals surface area contributed by atoms with E-state index in [1.807, 2.05) is 0 Å². The van der Waals surface area contributed by atoms with Crippen LogP contribution in [0.5, 0.6) is 0 Å². The third-order valence-electron chi connectivity index (χ3n) is 13.5. The molecule has 0 fully saturated rings. The van der Waals surface area contributed by atoms with Crippen molar-refractivity contribution in [3.63, 3.8) is 0 Å². The molecule has 6 nitrogen and oxygen atoms in total. The number of hydrogen-bond donors (Lipinski definition) is 0. The van der Waals surface area contributed by atoms with Crippen LogP contribution in [0.4, 0.5) is 0 Å². The average molecular weight is 818 g/mol.